The molecule has 0 aromatic heterocycles. The maximum Gasteiger partial charge on any atom is 0.402 e. The highest BCUT2D eigenvalue weighted by atomic mass is 31.2. The zero-order valence-corrected chi connectivity index (χ0v) is 13.3. The largest absolute Gasteiger partial charge is 0.402 e. The smallest absolute Gasteiger partial charge is 0.342 e. The molecule has 0 bridgehead atoms. The van der Waals surface area contributed by atoms with Gasteiger partial charge in [-0.05, 0) is 33.2 Å². The van der Waals surface area contributed by atoms with E-state index < -0.39 is 37.5 Å². The number of carbonyl (C=O) groups is 1. The lowest BCUT2D eigenvalue weighted by molar-refractivity contribution is -0.121. The standard InChI is InChI=1S/C10H19F2N4O4P/c1-6(2)19-21(18,20-7(3)4)10(11,12)9(15-16-13)14-8(5)17/h6-7,9H,1-5H3,(H,14,17). The predicted octanol–water partition coefficient (Wildman–Crippen LogP) is 3.39. The van der Waals surface area contributed by atoms with E-state index in [0.29, 0.717) is 0 Å². The summed E-state index contributed by atoms with van der Waals surface area (Å²) in [4.78, 5) is 13.2. The minimum Gasteiger partial charge on any atom is -0.342 e. The van der Waals surface area contributed by atoms with Crippen LogP contribution in [0.3, 0.4) is 0 Å². The first-order valence-corrected chi connectivity index (χ1v) is 7.66. The zero-order valence-electron chi connectivity index (χ0n) is 12.4. The zero-order chi connectivity index (χ0) is 16.8. The van der Waals surface area contributed by atoms with Gasteiger partial charge in [0.25, 0.3) is 0 Å². The van der Waals surface area contributed by atoms with Gasteiger partial charge in [-0.15, -0.1) is 0 Å². The minimum atomic E-state index is -4.99. The summed E-state index contributed by atoms with van der Waals surface area (Å²) >= 11 is 0. The van der Waals surface area contributed by atoms with Gasteiger partial charge in [-0.2, -0.15) is 8.78 Å². The Morgan fingerprint density at radius 1 is 1.29 bits per heavy atom. The minimum absolute atomic E-state index is 0.829. The summed E-state index contributed by atoms with van der Waals surface area (Å²) in [6.45, 7) is 6.54. The number of amides is 1. The van der Waals surface area contributed by atoms with E-state index in [4.69, 9.17) is 14.6 Å². The van der Waals surface area contributed by atoms with Crippen LogP contribution in [0.4, 0.5) is 8.78 Å². The number of hydrogen-bond acceptors (Lipinski definition) is 5. The molecule has 0 saturated heterocycles. The third kappa shape index (κ3) is 5.59. The van der Waals surface area contributed by atoms with E-state index in [0.717, 1.165) is 6.92 Å². The molecule has 122 valence electrons. The molecule has 1 N–H and O–H groups in total. The molecule has 0 heterocycles. The Bertz CT molecular complexity index is 452. The van der Waals surface area contributed by atoms with Crippen LogP contribution in [0.1, 0.15) is 34.6 Å². The van der Waals surface area contributed by atoms with Crippen LogP contribution in [0.15, 0.2) is 5.11 Å². The summed E-state index contributed by atoms with van der Waals surface area (Å²) in [6, 6.07) is 0. The van der Waals surface area contributed by atoms with Crippen LogP contribution in [-0.4, -0.2) is 29.9 Å². The van der Waals surface area contributed by atoms with E-state index in [1.165, 1.54) is 27.7 Å². The number of rotatable bonds is 8. The van der Waals surface area contributed by atoms with Crippen molar-refractivity contribution < 1.29 is 27.2 Å². The van der Waals surface area contributed by atoms with Crippen LogP contribution >= 0.6 is 7.60 Å². The number of alkyl halides is 2. The third-order valence-corrected chi connectivity index (χ3v) is 4.27. The number of nitrogens with one attached hydrogen (secondary N) is 1. The summed E-state index contributed by atoms with van der Waals surface area (Å²) in [5, 5.41) is 4.51. The average Bonchev–Trinajstić information content (AvgIpc) is 2.25. The molecule has 0 aliphatic rings. The number of halogens is 2. The summed E-state index contributed by atoms with van der Waals surface area (Å²) in [7, 11) is -4.99. The second kappa shape index (κ2) is 7.70. The summed E-state index contributed by atoms with van der Waals surface area (Å²) in [5.74, 6) is -0.882. The third-order valence-electron chi connectivity index (χ3n) is 1.90. The quantitative estimate of drug-likeness (QED) is 0.318. The van der Waals surface area contributed by atoms with E-state index in [9.17, 15) is 18.1 Å². The van der Waals surface area contributed by atoms with Gasteiger partial charge in [0.1, 0.15) is 0 Å². The van der Waals surface area contributed by atoms with Gasteiger partial charge in [-0.3, -0.25) is 9.36 Å². The van der Waals surface area contributed by atoms with E-state index in [1.807, 2.05) is 0 Å². The van der Waals surface area contributed by atoms with Crippen LogP contribution < -0.4 is 5.32 Å². The Morgan fingerprint density at radius 2 is 1.71 bits per heavy atom. The molecular weight excluding hydrogens is 309 g/mol. The molecule has 0 saturated carbocycles. The molecule has 1 unspecified atom stereocenters. The fourth-order valence-electron chi connectivity index (χ4n) is 1.30. The maximum atomic E-state index is 14.4. The topological polar surface area (TPSA) is 113 Å². The molecule has 0 radical (unpaired) electrons. The molecule has 0 rings (SSSR count). The SMILES string of the molecule is CC(=O)NC(N=[N+]=[N-])C(F)(F)P(=O)(OC(C)C)OC(C)C. The number of nitrogens with zero attached hydrogens (tertiary/aromatic N) is 3. The normalized spacial score (nSPS) is 14.0. The van der Waals surface area contributed by atoms with Crippen molar-refractivity contribution in [3.8, 4) is 0 Å². The van der Waals surface area contributed by atoms with E-state index in [-0.39, 0.29) is 0 Å². The van der Waals surface area contributed by atoms with Crippen molar-refractivity contribution in [1.82, 2.24) is 5.32 Å². The van der Waals surface area contributed by atoms with E-state index in [1.54, 1.807) is 5.32 Å². The first-order valence-electron chi connectivity index (χ1n) is 6.12. The molecule has 1 atom stereocenters. The maximum absolute atomic E-state index is 14.4. The van der Waals surface area contributed by atoms with E-state index in [2.05, 4.69) is 10.0 Å². The van der Waals surface area contributed by atoms with Crippen LogP contribution in [0.25, 0.3) is 10.4 Å². The fraction of sp³-hybridized carbons (Fsp3) is 0.900. The van der Waals surface area contributed by atoms with Gasteiger partial charge in [-0.1, -0.05) is 5.11 Å². The van der Waals surface area contributed by atoms with Gasteiger partial charge in [0.2, 0.25) is 5.91 Å². The van der Waals surface area contributed by atoms with Crippen LogP contribution in [0.2, 0.25) is 0 Å². The van der Waals surface area contributed by atoms with Crippen LogP contribution in [0, 0.1) is 0 Å². The van der Waals surface area contributed by atoms with Gasteiger partial charge in [0, 0.05) is 11.8 Å². The lowest BCUT2D eigenvalue weighted by Crippen LogP contribution is -2.46. The molecule has 8 nitrogen and oxygen atoms in total. The lowest BCUT2D eigenvalue weighted by Gasteiger charge is -2.32. The molecular formula is C10H19F2N4O4P. The molecule has 0 aliphatic carbocycles. The van der Waals surface area contributed by atoms with Gasteiger partial charge in [0.15, 0.2) is 6.17 Å². The van der Waals surface area contributed by atoms with Gasteiger partial charge < -0.3 is 14.4 Å². The molecule has 0 aromatic carbocycles. The van der Waals surface area contributed by atoms with Crippen molar-refractivity contribution in [3.63, 3.8) is 0 Å². The van der Waals surface area contributed by atoms with Crippen molar-refractivity contribution in [2.24, 2.45) is 5.11 Å². The Labute approximate surface area is 121 Å². The average molecular weight is 328 g/mol. The molecule has 0 aromatic rings. The monoisotopic (exact) mass is 328 g/mol. The van der Waals surface area contributed by atoms with E-state index >= 15 is 0 Å². The molecule has 21 heavy (non-hydrogen) atoms. The number of carbonyl (C=O) groups excluding carboxylic acids is 1. The predicted molar refractivity (Wildman–Crippen MR) is 71.7 cm³/mol. The second-order valence-electron chi connectivity index (χ2n) is 4.70. The first kappa shape index (κ1) is 19.8. The second-order valence-corrected chi connectivity index (χ2v) is 6.71. The Kier molecular flexibility index (Phi) is 7.26. The van der Waals surface area contributed by atoms with Gasteiger partial charge >= 0.3 is 13.3 Å². The molecule has 0 spiro atoms. The van der Waals surface area contributed by atoms with Gasteiger partial charge in [-0.25, -0.2) is 0 Å². The Balaban J connectivity index is 5.73. The Hall–Kier alpha value is -1.21. The first-order chi connectivity index (χ1) is 9.46. The fourth-order valence-corrected chi connectivity index (χ4v) is 3.16. The summed E-state index contributed by atoms with van der Waals surface area (Å²) in [6.07, 6.45) is -4.04. The lowest BCUT2D eigenvalue weighted by atomic mass is 10.5. The highest BCUT2D eigenvalue weighted by Crippen LogP contribution is 2.64. The number of hydrogen-bond donors (Lipinski definition) is 1. The molecule has 1 amide bonds. The van der Waals surface area contributed by atoms with Crippen molar-refractivity contribution >= 4 is 13.5 Å². The molecule has 11 heteroatoms. The van der Waals surface area contributed by atoms with Crippen LogP contribution in [-0.2, 0) is 18.4 Å². The van der Waals surface area contributed by atoms with Crippen molar-refractivity contribution in [3.05, 3.63) is 10.4 Å². The van der Waals surface area contributed by atoms with Crippen LogP contribution in [0.5, 0.6) is 0 Å². The number of azide groups is 1. The highest BCUT2D eigenvalue weighted by Gasteiger charge is 2.60. The Morgan fingerprint density at radius 3 is 2.00 bits per heavy atom. The summed E-state index contributed by atoms with van der Waals surface area (Å²) in [5.41, 5.74) is 4.12. The highest BCUT2D eigenvalue weighted by molar-refractivity contribution is 7.55. The van der Waals surface area contributed by atoms with Gasteiger partial charge in [0.05, 0.1) is 12.2 Å². The molecule has 0 aliphatic heterocycles. The summed E-state index contributed by atoms with van der Waals surface area (Å²) < 4.78 is 50.8. The molecule has 0 fully saturated rings. The van der Waals surface area contributed by atoms with Crippen molar-refractivity contribution in [1.29, 1.82) is 0 Å². The van der Waals surface area contributed by atoms with Crippen molar-refractivity contribution in [2.45, 2.75) is 58.7 Å². The van der Waals surface area contributed by atoms with Crippen molar-refractivity contribution in [2.75, 3.05) is 0 Å².